The van der Waals surface area contributed by atoms with Gasteiger partial charge < -0.3 is 14.9 Å². The molecule has 0 unspecified atom stereocenters. The Balaban J connectivity index is 1.18. The van der Waals surface area contributed by atoms with E-state index < -0.39 is 0 Å². The minimum atomic E-state index is 0.0110. The summed E-state index contributed by atoms with van der Waals surface area (Å²) in [7, 11) is 0. The van der Waals surface area contributed by atoms with E-state index in [1.54, 1.807) is 17.7 Å². The van der Waals surface area contributed by atoms with Crippen LogP contribution < -0.4 is 5.32 Å². The van der Waals surface area contributed by atoms with E-state index in [4.69, 9.17) is 9.97 Å². The number of aromatic amines is 1. The van der Waals surface area contributed by atoms with Crippen molar-refractivity contribution in [3.05, 3.63) is 78.1 Å². The number of hydrogen-bond acceptors (Lipinski definition) is 5. The molecule has 168 valence electrons. The number of thiophene rings is 1. The number of nitrogens with one attached hydrogen (secondary N) is 2. The maximum absolute atomic E-state index is 12.7. The average molecular weight is 467 g/mol. The summed E-state index contributed by atoms with van der Waals surface area (Å²) < 4.78 is 2.10. The highest BCUT2D eigenvalue weighted by atomic mass is 32.1. The van der Waals surface area contributed by atoms with Gasteiger partial charge in [-0.3, -0.25) is 4.79 Å². The lowest BCUT2D eigenvalue weighted by Crippen LogP contribution is -2.26. The smallest absolute Gasteiger partial charge is 0.221 e. The minimum absolute atomic E-state index is 0.0110. The third-order valence-corrected chi connectivity index (χ3v) is 6.87. The van der Waals surface area contributed by atoms with E-state index in [1.165, 1.54) is 0 Å². The average Bonchev–Trinajstić information content (AvgIpc) is 3.61. The Morgan fingerprint density at radius 3 is 2.68 bits per heavy atom. The van der Waals surface area contributed by atoms with Crippen LogP contribution in [0.1, 0.15) is 12.1 Å². The zero-order valence-corrected chi connectivity index (χ0v) is 19.2. The van der Waals surface area contributed by atoms with Crippen molar-refractivity contribution in [1.29, 1.82) is 0 Å². The summed E-state index contributed by atoms with van der Waals surface area (Å²) in [5.41, 5.74) is 6.44. The van der Waals surface area contributed by atoms with Gasteiger partial charge in [0.2, 0.25) is 5.91 Å². The number of aryl methyl sites for hydroxylation is 1. The highest BCUT2D eigenvalue weighted by Gasteiger charge is 2.15. The fourth-order valence-corrected chi connectivity index (χ4v) is 5.12. The topological polar surface area (TPSA) is 88.5 Å². The SMILES string of the molecule is O=C(CCn1c2ccccc2c2nc3ccccc3nc21)NCCc1[nH]cnc1-c1cccs1. The predicted octanol–water partition coefficient (Wildman–Crippen LogP) is 4.94. The predicted molar refractivity (Wildman–Crippen MR) is 136 cm³/mol. The zero-order chi connectivity index (χ0) is 22.9. The summed E-state index contributed by atoms with van der Waals surface area (Å²) in [5, 5.41) is 6.14. The van der Waals surface area contributed by atoms with Crippen LogP contribution in [0, 0.1) is 0 Å². The number of hydrogen-bond donors (Lipinski definition) is 2. The Morgan fingerprint density at radius 1 is 1.00 bits per heavy atom. The molecule has 0 saturated heterocycles. The molecular weight excluding hydrogens is 444 g/mol. The summed E-state index contributed by atoms with van der Waals surface area (Å²) >= 11 is 1.66. The Bertz CT molecular complexity index is 1620. The Morgan fingerprint density at radius 2 is 1.82 bits per heavy atom. The largest absolute Gasteiger partial charge is 0.356 e. The first-order valence-corrected chi connectivity index (χ1v) is 12.1. The number of benzene rings is 2. The van der Waals surface area contributed by atoms with Gasteiger partial charge in [0.1, 0.15) is 11.2 Å². The molecule has 0 saturated carbocycles. The molecule has 0 aliphatic heterocycles. The molecule has 4 aromatic heterocycles. The monoisotopic (exact) mass is 466 g/mol. The summed E-state index contributed by atoms with van der Waals surface area (Å²) in [6, 6.07) is 20.1. The van der Waals surface area contributed by atoms with Gasteiger partial charge in [0.25, 0.3) is 0 Å². The zero-order valence-electron chi connectivity index (χ0n) is 18.4. The molecule has 34 heavy (non-hydrogen) atoms. The number of fused-ring (bicyclic) bond motifs is 4. The standard InChI is InChI=1S/C26H22N6OS/c33-23(27-13-11-20-25(29-16-28-20)22-10-5-15-34-22)12-14-32-21-9-4-1-6-17(21)24-26(32)31-19-8-3-2-7-18(19)30-24/h1-10,15-16H,11-14H2,(H,27,33)(H,28,29). The number of nitrogens with zero attached hydrogens (tertiary/aromatic N) is 4. The normalized spacial score (nSPS) is 11.5. The molecule has 0 aliphatic carbocycles. The molecule has 6 aromatic rings. The van der Waals surface area contributed by atoms with E-state index in [-0.39, 0.29) is 5.91 Å². The van der Waals surface area contributed by atoms with Gasteiger partial charge in [-0.25, -0.2) is 15.0 Å². The minimum Gasteiger partial charge on any atom is -0.356 e. The van der Waals surface area contributed by atoms with Crippen molar-refractivity contribution in [2.24, 2.45) is 0 Å². The van der Waals surface area contributed by atoms with Crippen LogP contribution in [-0.2, 0) is 17.8 Å². The van der Waals surface area contributed by atoms with Crippen LogP contribution in [0.3, 0.4) is 0 Å². The van der Waals surface area contributed by atoms with Crippen molar-refractivity contribution in [3.63, 3.8) is 0 Å². The number of para-hydroxylation sites is 3. The van der Waals surface area contributed by atoms with Crippen molar-refractivity contribution < 1.29 is 4.79 Å². The van der Waals surface area contributed by atoms with Crippen LogP contribution in [-0.4, -0.2) is 37.0 Å². The maximum Gasteiger partial charge on any atom is 0.221 e. The second kappa shape index (κ2) is 8.72. The molecule has 4 heterocycles. The molecule has 0 aliphatic rings. The first kappa shape index (κ1) is 20.6. The highest BCUT2D eigenvalue weighted by molar-refractivity contribution is 7.13. The van der Waals surface area contributed by atoms with Gasteiger partial charge in [0, 0.05) is 37.0 Å². The first-order valence-electron chi connectivity index (χ1n) is 11.2. The summed E-state index contributed by atoms with van der Waals surface area (Å²) in [5.74, 6) is 0.0110. The lowest BCUT2D eigenvalue weighted by Gasteiger charge is -2.08. The third kappa shape index (κ3) is 3.72. The fourth-order valence-electron chi connectivity index (χ4n) is 4.38. The van der Waals surface area contributed by atoms with Crippen molar-refractivity contribution in [3.8, 4) is 10.6 Å². The van der Waals surface area contributed by atoms with Crippen molar-refractivity contribution >= 4 is 50.3 Å². The van der Waals surface area contributed by atoms with Gasteiger partial charge in [-0.05, 0) is 29.6 Å². The number of rotatable bonds is 7. The number of H-pyrrole nitrogens is 1. The number of carbonyl (C=O) groups is 1. The molecule has 0 bridgehead atoms. The van der Waals surface area contributed by atoms with Crippen LogP contribution in [0.5, 0.6) is 0 Å². The van der Waals surface area contributed by atoms with Gasteiger partial charge in [-0.15, -0.1) is 11.3 Å². The molecular formula is C26H22N6OS. The van der Waals surface area contributed by atoms with E-state index in [0.29, 0.717) is 25.9 Å². The first-order chi connectivity index (χ1) is 16.8. The van der Waals surface area contributed by atoms with Gasteiger partial charge >= 0.3 is 0 Å². The molecule has 0 fully saturated rings. The van der Waals surface area contributed by atoms with E-state index in [2.05, 4.69) is 38.1 Å². The number of aromatic nitrogens is 5. The van der Waals surface area contributed by atoms with Crippen LogP contribution in [0.15, 0.2) is 72.4 Å². The molecule has 0 spiro atoms. The molecule has 0 radical (unpaired) electrons. The van der Waals surface area contributed by atoms with E-state index >= 15 is 0 Å². The molecule has 7 nitrogen and oxygen atoms in total. The van der Waals surface area contributed by atoms with Crippen LogP contribution in [0.25, 0.3) is 43.7 Å². The quantitative estimate of drug-likeness (QED) is 0.349. The molecule has 8 heteroatoms. The molecule has 1 amide bonds. The van der Waals surface area contributed by atoms with Crippen LogP contribution >= 0.6 is 11.3 Å². The highest BCUT2D eigenvalue weighted by Crippen LogP contribution is 2.28. The molecule has 2 aromatic carbocycles. The number of imidazole rings is 1. The van der Waals surface area contributed by atoms with Crippen molar-refractivity contribution in [2.75, 3.05) is 6.54 Å². The summed E-state index contributed by atoms with van der Waals surface area (Å²) in [6.07, 6.45) is 2.77. The summed E-state index contributed by atoms with van der Waals surface area (Å²) in [6.45, 7) is 1.09. The molecule has 6 rings (SSSR count). The molecule has 2 N–H and O–H groups in total. The van der Waals surface area contributed by atoms with Crippen molar-refractivity contribution in [1.82, 2.24) is 29.8 Å². The Labute approximate surface area is 199 Å². The number of amides is 1. The van der Waals surface area contributed by atoms with Crippen LogP contribution in [0.4, 0.5) is 0 Å². The Hall–Kier alpha value is -4.04. The fraction of sp³-hybridized carbons (Fsp3) is 0.154. The van der Waals surface area contributed by atoms with Crippen molar-refractivity contribution in [2.45, 2.75) is 19.4 Å². The third-order valence-electron chi connectivity index (χ3n) is 5.99. The summed E-state index contributed by atoms with van der Waals surface area (Å²) in [4.78, 5) is 31.2. The van der Waals surface area contributed by atoms with Gasteiger partial charge in [0.05, 0.1) is 27.8 Å². The maximum atomic E-state index is 12.7. The van der Waals surface area contributed by atoms with Gasteiger partial charge in [-0.1, -0.05) is 36.4 Å². The number of carbonyl (C=O) groups excluding carboxylic acids is 1. The lowest BCUT2D eigenvalue weighted by molar-refractivity contribution is -0.121. The second-order valence-electron chi connectivity index (χ2n) is 8.11. The van der Waals surface area contributed by atoms with E-state index in [9.17, 15) is 4.79 Å². The van der Waals surface area contributed by atoms with E-state index in [0.717, 1.165) is 49.4 Å². The van der Waals surface area contributed by atoms with E-state index in [1.807, 2.05) is 47.8 Å². The Kier molecular flexibility index (Phi) is 5.27. The van der Waals surface area contributed by atoms with Gasteiger partial charge in [0.15, 0.2) is 5.65 Å². The van der Waals surface area contributed by atoms with Crippen LogP contribution in [0.2, 0.25) is 0 Å². The van der Waals surface area contributed by atoms with Gasteiger partial charge in [-0.2, -0.15) is 0 Å². The lowest BCUT2D eigenvalue weighted by atomic mass is 10.2. The second-order valence-corrected chi connectivity index (χ2v) is 9.06. The molecule has 0 atom stereocenters.